The van der Waals surface area contributed by atoms with Gasteiger partial charge in [-0.05, 0) is 27.3 Å². The van der Waals surface area contributed by atoms with Crippen LogP contribution in [0.1, 0.15) is 31.3 Å². The van der Waals surface area contributed by atoms with E-state index in [1.54, 1.807) is 11.3 Å². The predicted molar refractivity (Wildman–Crippen MR) is 64.2 cm³/mol. The van der Waals surface area contributed by atoms with Gasteiger partial charge in [-0.15, -0.1) is 11.3 Å². The molecule has 4 heteroatoms. The summed E-state index contributed by atoms with van der Waals surface area (Å²) in [4.78, 5) is 6.75. The molecule has 1 N–H and O–H groups in total. The van der Waals surface area contributed by atoms with E-state index < -0.39 is 0 Å². The summed E-state index contributed by atoms with van der Waals surface area (Å²) in [7, 11) is 2.19. The first-order chi connectivity index (χ1) is 7.16. The second kappa shape index (κ2) is 4.60. The molecule has 1 fully saturated rings. The van der Waals surface area contributed by atoms with Crippen molar-refractivity contribution in [2.75, 3.05) is 13.6 Å². The standard InChI is InChI=1S/C11H19N3S/c1-8-6-10(7-14(8)3)13-9(2)11-12-4-5-15-11/h4-5,8-10,13H,6-7H2,1-3H3. The van der Waals surface area contributed by atoms with Crippen molar-refractivity contribution < 1.29 is 0 Å². The van der Waals surface area contributed by atoms with Crippen LogP contribution in [0, 0.1) is 0 Å². The number of nitrogens with one attached hydrogen (secondary N) is 1. The molecule has 0 bridgehead atoms. The molecule has 0 saturated carbocycles. The van der Waals surface area contributed by atoms with Crippen LogP contribution in [-0.4, -0.2) is 35.6 Å². The Kier molecular flexibility index (Phi) is 3.38. The van der Waals surface area contributed by atoms with Crippen molar-refractivity contribution in [1.82, 2.24) is 15.2 Å². The summed E-state index contributed by atoms with van der Waals surface area (Å²) in [5.41, 5.74) is 0. The van der Waals surface area contributed by atoms with E-state index in [1.165, 1.54) is 11.4 Å². The van der Waals surface area contributed by atoms with Gasteiger partial charge in [0.15, 0.2) is 0 Å². The van der Waals surface area contributed by atoms with Gasteiger partial charge in [-0.25, -0.2) is 4.98 Å². The Morgan fingerprint density at radius 1 is 1.67 bits per heavy atom. The van der Waals surface area contributed by atoms with Crippen molar-refractivity contribution in [3.8, 4) is 0 Å². The molecule has 84 valence electrons. The quantitative estimate of drug-likeness (QED) is 0.851. The number of hydrogen-bond donors (Lipinski definition) is 1. The number of aromatic nitrogens is 1. The molecule has 2 rings (SSSR count). The molecule has 0 amide bonds. The summed E-state index contributed by atoms with van der Waals surface area (Å²) >= 11 is 1.73. The average molecular weight is 225 g/mol. The van der Waals surface area contributed by atoms with Crippen LogP contribution in [-0.2, 0) is 0 Å². The zero-order valence-electron chi connectivity index (χ0n) is 9.60. The molecular weight excluding hydrogens is 206 g/mol. The first-order valence-corrected chi connectivity index (χ1v) is 6.40. The summed E-state index contributed by atoms with van der Waals surface area (Å²) < 4.78 is 0. The van der Waals surface area contributed by atoms with E-state index in [-0.39, 0.29) is 0 Å². The van der Waals surface area contributed by atoms with E-state index in [9.17, 15) is 0 Å². The van der Waals surface area contributed by atoms with Crippen molar-refractivity contribution >= 4 is 11.3 Å². The molecule has 0 radical (unpaired) electrons. The number of likely N-dealkylation sites (tertiary alicyclic amines) is 1. The van der Waals surface area contributed by atoms with Gasteiger partial charge >= 0.3 is 0 Å². The lowest BCUT2D eigenvalue weighted by Crippen LogP contribution is -2.33. The van der Waals surface area contributed by atoms with Crippen LogP contribution < -0.4 is 5.32 Å². The highest BCUT2D eigenvalue weighted by Gasteiger charge is 2.27. The topological polar surface area (TPSA) is 28.2 Å². The van der Waals surface area contributed by atoms with Gasteiger partial charge in [0.05, 0.1) is 6.04 Å². The van der Waals surface area contributed by atoms with Crippen LogP contribution in [0.5, 0.6) is 0 Å². The predicted octanol–water partition coefficient (Wildman–Crippen LogP) is 1.89. The molecule has 3 unspecified atom stereocenters. The molecular formula is C11H19N3S. The van der Waals surface area contributed by atoms with Crippen molar-refractivity contribution in [1.29, 1.82) is 0 Å². The second-order valence-electron chi connectivity index (χ2n) is 4.48. The van der Waals surface area contributed by atoms with Crippen molar-refractivity contribution in [3.05, 3.63) is 16.6 Å². The fraction of sp³-hybridized carbons (Fsp3) is 0.727. The van der Waals surface area contributed by atoms with Crippen LogP contribution in [0.25, 0.3) is 0 Å². The third-order valence-electron chi connectivity index (χ3n) is 3.19. The van der Waals surface area contributed by atoms with Crippen molar-refractivity contribution in [2.45, 2.75) is 38.4 Å². The molecule has 1 aliphatic heterocycles. The first-order valence-electron chi connectivity index (χ1n) is 5.52. The van der Waals surface area contributed by atoms with Gasteiger partial charge in [-0.1, -0.05) is 0 Å². The first kappa shape index (κ1) is 11.0. The molecule has 15 heavy (non-hydrogen) atoms. The lowest BCUT2D eigenvalue weighted by atomic mass is 10.2. The fourth-order valence-electron chi connectivity index (χ4n) is 2.19. The Morgan fingerprint density at radius 3 is 3.00 bits per heavy atom. The zero-order valence-corrected chi connectivity index (χ0v) is 10.4. The molecule has 0 aliphatic carbocycles. The highest BCUT2D eigenvalue weighted by Crippen LogP contribution is 2.20. The lowest BCUT2D eigenvalue weighted by molar-refractivity contribution is 0.325. The molecule has 1 saturated heterocycles. The molecule has 3 atom stereocenters. The monoisotopic (exact) mass is 225 g/mol. The summed E-state index contributed by atoms with van der Waals surface area (Å²) in [5, 5.41) is 6.88. The molecule has 0 aromatic carbocycles. The Balaban J connectivity index is 1.88. The Labute approximate surface area is 95.5 Å². The Hall–Kier alpha value is -0.450. The Bertz CT molecular complexity index is 289. The van der Waals surface area contributed by atoms with E-state index in [2.05, 4.69) is 36.1 Å². The lowest BCUT2D eigenvalue weighted by Gasteiger charge is -2.17. The van der Waals surface area contributed by atoms with Gasteiger partial charge in [-0.2, -0.15) is 0 Å². The van der Waals surface area contributed by atoms with Gasteiger partial charge in [0.25, 0.3) is 0 Å². The van der Waals surface area contributed by atoms with Crippen LogP contribution in [0.2, 0.25) is 0 Å². The van der Waals surface area contributed by atoms with Crippen LogP contribution >= 0.6 is 11.3 Å². The van der Waals surface area contributed by atoms with E-state index in [0.29, 0.717) is 18.1 Å². The smallest absolute Gasteiger partial charge is 0.109 e. The largest absolute Gasteiger partial charge is 0.304 e. The molecule has 1 aliphatic rings. The fourth-order valence-corrected chi connectivity index (χ4v) is 2.84. The highest BCUT2D eigenvalue weighted by atomic mass is 32.1. The Morgan fingerprint density at radius 2 is 2.47 bits per heavy atom. The molecule has 2 heterocycles. The second-order valence-corrected chi connectivity index (χ2v) is 5.41. The van der Waals surface area contributed by atoms with Crippen LogP contribution in [0.4, 0.5) is 0 Å². The molecule has 0 spiro atoms. The number of hydrogen-bond acceptors (Lipinski definition) is 4. The van der Waals surface area contributed by atoms with Gasteiger partial charge in [-0.3, -0.25) is 0 Å². The summed E-state index contributed by atoms with van der Waals surface area (Å²) in [6, 6.07) is 1.70. The SMILES string of the molecule is CC(NC1CC(C)N(C)C1)c1nccs1. The van der Waals surface area contributed by atoms with E-state index >= 15 is 0 Å². The molecule has 3 nitrogen and oxygen atoms in total. The number of likely N-dealkylation sites (N-methyl/N-ethyl adjacent to an activating group) is 1. The highest BCUT2D eigenvalue weighted by molar-refractivity contribution is 7.09. The van der Waals surface area contributed by atoms with Crippen LogP contribution in [0.15, 0.2) is 11.6 Å². The van der Waals surface area contributed by atoms with Crippen LogP contribution in [0.3, 0.4) is 0 Å². The molecule has 1 aromatic heterocycles. The van der Waals surface area contributed by atoms with Gasteiger partial charge in [0.1, 0.15) is 5.01 Å². The van der Waals surface area contributed by atoms with Crippen molar-refractivity contribution in [3.63, 3.8) is 0 Å². The summed E-state index contributed by atoms with van der Waals surface area (Å²) in [6.07, 6.45) is 3.12. The minimum Gasteiger partial charge on any atom is -0.304 e. The van der Waals surface area contributed by atoms with Gasteiger partial charge < -0.3 is 10.2 Å². The molecule has 1 aromatic rings. The van der Waals surface area contributed by atoms with Crippen molar-refractivity contribution in [2.24, 2.45) is 0 Å². The number of rotatable bonds is 3. The van der Waals surface area contributed by atoms with E-state index in [0.717, 1.165) is 6.54 Å². The van der Waals surface area contributed by atoms with Gasteiger partial charge in [0, 0.05) is 30.2 Å². The number of thiazole rings is 1. The maximum atomic E-state index is 4.34. The average Bonchev–Trinajstić information content (AvgIpc) is 2.77. The third-order valence-corrected chi connectivity index (χ3v) is 4.15. The van der Waals surface area contributed by atoms with Gasteiger partial charge in [0.2, 0.25) is 0 Å². The minimum atomic E-state index is 0.383. The third kappa shape index (κ3) is 2.56. The zero-order chi connectivity index (χ0) is 10.8. The summed E-state index contributed by atoms with van der Waals surface area (Å²) in [5.74, 6) is 0. The normalized spacial score (nSPS) is 29.5. The van der Waals surface area contributed by atoms with E-state index in [4.69, 9.17) is 0 Å². The summed E-state index contributed by atoms with van der Waals surface area (Å²) in [6.45, 7) is 5.63. The maximum absolute atomic E-state index is 4.34. The maximum Gasteiger partial charge on any atom is 0.109 e. The number of nitrogens with zero attached hydrogens (tertiary/aromatic N) is 2. The minimum absolute atomic E-state index is 0.383. The van der Waals surface area contributed by atoms with E-state index in [1.807, 2.05) is 11.6 Å².